The number of hydrogen-bond donors (Lipinski definition) is 2. The van der Waals surface area contributed by atoms with Gasteiger partial charge < -0.3 is 11.1 Å². The summed E-state index contributed by atoms with van der Waals surface area (Å²) in [6, 6.07) is 9.68. The number of aromatic nitrogens is 2. The molecule has 1 aromatic carbocycles. The zero-order valence-electron chi connectivity index (χ0n) is 8.52. The quantitative estimate of drug-likeness (QED) is 0.824. The molecule has 0 aliphatic carbocycles. The van der Waals surface area contributed by atoms with E-state index in [4.69, 9.17) is 5.73 Å². The van der Waals surface area contributed by atoms with E-state index in [2.05, 4.69) is 15.5 Å². The molecule has 0 unspecified atom stereocenters. The van der Waals surface area contributed by atoms with Crippen molar-refractivity contribution in [3.63, 3.8) is 0 Å². The molecule has 4 nitrogen and oxygen atoms in total. The minimum absolute atomic E-state index is 0.240. The first-order chi connectivity index (χ1) is 7.74. The van der Waals surface area contributed by atoms with E-state index in [1.54, 1.807) is 24.3 Å². The van der Waals surface area contributed by atoms with Crippen molar-refractivity contribution in [1.82, 2.24) is 10.2 Å². The fraction of sp³-hybridized carbons (Fsp3) is 0.0909. The molecule has 1 heterocycles. The van der Waals surface area contributed by atoms with Gasteiger partial charge in [-0.3, -0.25) is 0 Å². The van der Waals surface area contributed by atoms with E-state index in [-0.39, 0.29) is 5.82 Å². The number of hydrogen-bond acceptors (Lipinski definition) is 4. The fourth-order valence-electron chi connectivity index (χ4n) is 1.23. The second-order valence-electron chi connectivity index (χ2n) is 3.32. The predicted molar refractivity (Wildman–Crippen MR) is 60.2 cm³/mol. The van der Waals surface area contributed by atoms with E-state index in [1.807, 2.05) is 0 Å². The predicted octanol–water partition coefficient (Wildman–Crippen LogP) is 1.81. The molecular weight excluding hydrogens is 207 g/mol. The molecule has 0 aliphatic heterocycles. The average Bonchev–Trinajstić information content (AvgIpc) is 2.30. The van der Waals surface area contributed by atoms with Crippen molar-refractivity contribution in [1.29, 1.82) is 0 Å². The topological polar surface area (TPSA) is 63.8 Å². The first-order valence-corrected chi connectivity index (χ1v) is 4.81. The van der Waals surface area contributed by atoms with E-state index in [0.717, 1.165) is 5.56 Å². The van der Waals surface area contributed by atoms with Gasteiger partial charge in [-0.2, -0.15) is 0 Å². The molecule has 1 aromatic heterocycles. The summed E-state index contributed by atoms with van der Waals surface area (Å²) in [5.41, 5.74) is 6.38. The van der Waals surface area contributed by atoms with Gasteiger partial charge in [0.15, 0.2) is 0 Å². The molecule has 16 heavy (non-hydrogen) atoms. The van der Waals surface area contributed by atoms with Crippen LogP contribution in [0, 0.1) is 5.82 Å². The van der Waals surface area contributed by atoms with Gasteiger partial charge in [0, 0.05) is 6.54 Å². The highest BCUT2D eigenvalue weighted by atomic mass is 19.1. The van der Waals surface area contributed by atoms with Crippen LogP contribution in [0.5, 0.6) is 0 Å². The summed E-state index contributed by atoms with van der Waals surface area (Å²) in [7, 11) is 0. The molecule has 2 aromatic rings. The molecule has 0 spiro atoms. The number of anilines is 2. The van der Waals surface area contributed by atoms with Crippen molar-refractivity contribution < 1.29 is 4.39 Å². The molecule has 0 bridgehead atoms. The monoisotopic (exact) mass is 218 g/mol. The van der Waals surface area contributed by atoms with Gasteiger partial charge in [0.2, 0.25) is 0 Å². The zero-order chi connectivity index (χ0) is 11.4. The third-order valence-electron chi connectivity index (χ3n) is 2.07. The number of benzene rings is 1. The molecule has 0 radical (unpaired) electrons. The van der Waals surface area contributed by atoms with Gasteiger partial charge in [0.05, 0.1) is 0 Å². The van der Waals surface area contributed by atoms with Crippen LogP contribution in [0.15, 0.2) is 36.4 Å². The molecule has 0 aliphatic rings. The van der Waals surface area contributed by atoms with Crippen LogP contribution in [-0.4, -0.2) is 10.2 Å². The number of halogens is 1. The molecule has 0 amide bonds. The highest BCUT2D eigenvalue weighted by Gasteiger charge is 1.96. The normalized spacial score (nSPS) is 10.1. The average molecular weight is 218 g/mol. The second-order valence-corrected chi connectivity index (χ2v) is 3.32. The Hall–Kier alpha value is -2.17. The van der Waals surface area contributed by atoms with Crippen molar-refractivity contribution in [3.05, 3.63) is 47.8 Å². The van der Waals surface area contributed by atoms with Crippen LogP contribution in [0.25, 0.3) is 0 Å². The number of nitrogens with zero attached hydrogens (tertiary/aromatic N) is 2. The highest BCUT2D eigenvalue weighted by molar-refractivity contribution is 5.39. The largest absolute Gasteiger partial charge is 0.382 e. The van der Waals surface area contributed by atoms with Gasteiger partial charge in [-0.1, -0.05) is 12.1 Å². The molecule has 0 saturated carbocycles. The standard InChI is InChI=1S/C11H11FN4/c12-9-3-1-8(2-4-9)7-14-11-6-5-10(13)15-16-11/h1-6H,7H2,(H2,13,15)(H,14,16). The van der Waals surface area contributed by atoms with Gasteiger partial charge >= 0.3 is 0 Å². The minimum atomic E-state index is -0.240. The Morgan fingerprint density at radius 1 is 1.06 bits per heavy atom. The molecule has 0 saturated heterocycles. The van der Waals surface area contributed by atoms with Gasteiger partial charge in [-0.15, -0.1) is 10.2 Å². The van der Waals surface area contributed by atoms with E-state index in [0.29, 0.717) is 18.2 Å². The van der Waals surface area contributed by atoms with Crippen LogP contribution in [0.4, 0.5) is 16.0 Å². The summed E-state index contributed by atoms with van der Waals surface area (Å²) in [6.07, 6.45) is 0. The van der Waals surface area contributed by atoms with Crippen LogP contribution < -0.4 is 11.1 Å². The molecule has 5 heteroatoms. The summed E-state index contributed by atoms with van der Waals surface area (Å²) in [5.74, 6) is 0.780. The summed E-state index contributed by atoms with van der Waals surface area (Å²) in [5, 5.41) is 10.6. The Balaban J connectivity index is 1.97. The fourth-order valence-corrected chi connectivity index (χ4v) is 1.23. The summed E-state index contributed by atoms with van der Waals surface area (Å²) in [4.78, 5) is 0. The Kier molecular flexibility index (Phi) is 2.95. The van der Waals surface area contributed by atoms with Crippen LogP contribution in [0.3, 0.4) is 0 Å². The lowest BCUT2D eigenvalue weighted by Crippen LogP contribution is -2.03. The second kappa shape index (κ2) is 4.57. The van der Waals surface area contributed by atoms with Crippen LogP contribution in [0.2, 0.25) is 0 Å². The third kappa shape index (κ3) is 2.66. The Labute approximate surface area is 92.3 Å². The molecule has 3 N–H and O–H groups in total. The van der Waals surface area contributed by atoms with Gasteiger partial charge in [-0.25, -0.2) is 4.39 Å². The number of nitrogens with one attached hydrogen (secondary N) is 1. The third-order valence-corrected chi connectivity index (χ3v) is 2.07. The zero-order valence-corrected chi connectivity index (χ0v) is 8.52. The SMILES string of the molecule is Nc1ccc(NCc2ccc(F)cc2)nn1. The van der Waals surface area contributed by atoms with E-state index in [9.17, 15) is 4.39 Å². The van der Waals surface area contributed by atoms with Crippen LogP contribution >= 0.6 is 0 Å². The van der Waals surface area contributed by atoms with E-state index < -0.39 is 0 Å². The summed E-state index contributed by atoms with van der Waals surface area (Å²) < 4.78 is 12.6. The lowest BCUT2D eigenvalue weighted by molar-refractivity contribution is 0.627. The first-order valence-electron chi connectivity index (χ1n) is 4.81. The lowest BCUT2D eigenvalue weighted by Gasteiger charge is -2.04. The maximum absolute atomic E-state index is 12.6. The van der Waals surface area contributed by atoms with Gasteiger partial charge in [0.25, 0.3) is 0 Å². The Bertz CT molecular complexity index is 407. The van der Waals surface area contributed by atoms with Crippen molar-refractivity contribution in [3.8, 4) is 0 Å². The number of nitrogen functional groups attached to an aromatic ring is 1. The molecule has 2 rings (SSSR count). The van der Waals surface area contributed by atoms with Crippen LogP contribution in [0.1, 0.15) is 5.56 Å². The van der Waals surface area contributed by atoms with Crippen molar-refractivity contribution >= 4 is 11.6 Å². The molecule has 0 fully saturated rings. The smallest absolute Gasteiger partial charge is 0.149 e. The maximum atomic E-state index is 12.6. The number of nitrogens with two attached hydrogens (primary N) is 1. The molecule has 82 valence electrons. The van der Waals surface area contributed by atoms with Crippen molar-refractivity contribution in [2.24, 2.45) is 0 Å². The Morgan fingerprint density at radius 3 is 2.44 bits per heavy atom. The number of rotatable bonds is 3. The van der Waals surface area contributed by atoms with Gasteiger partial charge in [-0.05, 0) is 29.8 Å². The highest BCUT2D eigenvalue weighted by Crippen LogP contribution is 2.07. The summed E-state index contributed by atoms with van der Waals surface area (Å²) in [6.45, 7) is 0.568. The van der Waals surface area contributed by atoms with E-state index in [1.165, 1.54) is 12.1 Å². The van der Waals surface area contributed by atoms with E-state index >= 15 is 0 Å². The van der Waals surface area contributed by atoms with Crippen LogP contribution in [-0.2, 0) is 6.54 Å². The maximum Gasteiger partial charge on any atom is 0.149 e. The minimum Gasteiger partial charge on any atom is -0.382 e. The van der Waals surface area contributed by atoms with Crippen molar-refractivity contribution in [2.75, 3.05) is 11.1 Å². The first kappa shape index (κ1) is 10.4. The lowest BCUT2D eigenvalue weighted by atomic mass is 10.2. The van der Waals surface area contributed by atoms with Gasteiger partial charge in [0.1, 0.15) is 17.5 Å². The summed E-state index contributed by atoms with van der Waals surface area (Å²) >= 11 is 0. The van der Waals surface area contributed by atoms with Crippen molar-refractivity contribution in [2.45, 2.75) is 6.54 Å². The molecular formula is C11H11FN4. The Morgan fingerprint density at radius 2 is 1.81 bits per heavy atom. The molecule has 0 atom stereocenters.